The molecule has 0 spiro atoms. The van der Waals surface area contributed by atoms with Gasteiger partial charge >= 0.3 is 0 Å². The van der Waals surface area contributed by atoms with Gasteiger partial charge in [0, 0.05) is 35.3 Å². The molecule has 0 aliphatic rings. The summed E-state index contributed by atoms with van der Waals surface area (Å²) in [6.07, 6.45) is 1.91. The molecule has 0 radical (unpaired) electrons. The van der Waals surface area contributed by atoms with Gasteiger partial charge in [0.15, 0.2) is 5.78 Å². The van der Waals surface area contributed by atoms with Gasteiger partial charge in [-0.1, -0.05) is 6.07 Å². The number of methoxy groups -OCH3 is 1. The highest BCUT2D eigenvalue weighted by Crippen LogP contribution is 2.19. The zero-order valence-electron chi connectivity index (χ0n) is 13.6. The van der Waals surface area contributed by atoms with Crippen molar-refractivity contribution in [2.24, 2.45) is 7.05 Å². The lowest BCUT2D eigenvalue weighted by molar-refractivity contribution is 0.0905. The van der Waals surface area contributed by atoms with Crippen LogP contribution < -0.4 is 10.1 Å². The molecule has 3 aromatic rings. The first-order valence-corrected chi connectivity index (χ1v) is 7.59. The number of nitrogens with zero attached hydrogens (tertiary/aromatic N) is 1. The van der Waals surface area contributed by atoms with Crippen molar-refractivity contribution in [2.75, 3.05) is 13.7 Å². The number of amides is 1. The number of aromatic nitrogens is 1. The second kappa shape index (κ2) is 6.58. The van der Waals surface area contributed by atoms with E-state index in [4.69, 9.17) is 4.74 Å². The molecular formula is C19H18N2O3. The predicted octanol–water partition coefficient (Wildman–Crippen LogP) is 2.80. The molecule has 1 N–H and O–H groups in total. The summed E-state index contributed by atoms with van der Waals surface area (Å²) >= 11 is 0. The number of carbonyl (C=O) groups excluding carboxylic acids is 2. The monoisotopic (exact) mass is 322 g/mol. The van der Waals surface area contributed by atoms with Gasteiger partial charge in [0.1, 0.15) is 5.75 Å². The maximum atomic E-state index is 12.4. The van der Waals surface area contributed by atoms with E-state index < -0.39 is 0 Å². The number of aryl methyl sites for hydroxylation is 1. The number of hydrogen-bond donors (Lipinski definition) is 1. The Morgan fingerprint density at radius 3 is 2.54 bits per heavy atom. The summed E-state index contributed by atoms with van der Waals surface area (Å²) in [6.45, 7) is -0.0472. The molecule has 0 aliphatic heterocycles. The highest BCUT2D eigenvalue weighted by molar-refractivity contribution is 6.08. The fraction of sp³-hybridized carbons (Fsp3) is 0.158. The maximum Gasteiger partial charge on any atom is 0.252 e. The van der Waals surface area contributed by atoms with Crippen LogP contribution in [0.1, 0.15) is 20.7 Å². The lowest BCUT2D eigenvalue weighted by Gasteiger charge is -2.07. The first-order chi connectivity index (χ1) is 11.6. The van der Waals surface area contributed by atoms with Gasteiger partial charge in [0.25, 0.3) is 5.91 Å². The third kappa shape index (κ3) is 3.01. The summed E-state index contributed by atoms with van der Waals surface area (Å²) in [4.78, 5) is 24.6. The van der Waals surface area contributed by atoms with E-state index in [1.165, 1.54) is 0 Å². The molecule has 0 saturated carbocycles. The van der Waals surface area contributed by atoms with E-state index >= 15 is 0 Å². The fourth-order valence-electron chi connectivity index (χ4n) is 2.64. The summed E-state index contributed by atoms with van der Waals surface area (Å²) in [6, 6.07) is 14.3. The quantitative estimate of drug-likeness (QED) is 0.735. The fourth-order valence-corrected chi connectivity index (χ4v) is 2.64. The third-order valence-electron chi connectivity index (χ3n) is 3.99. The Labute approximate surface area is 139 Å². The van der Waals surface area contributed by atoms with Crippen molar-refractivity contribution in [3.63, 3.8) is 0 Å². The molecule has 0 aliphatic carbocycles. The Balaban J connectivity index is 1.71. The lowest BCUT2D eigenvalue weighted by atomic mass is 10.1. The minimum absolute atomic E-state index is 0.0472. The summed E-state index contributed by atoms with van der Waals surface area (Å²) in [5, 5.41) is 3.57. The van der Waals surface area contributed by atoms with E-state index in [9.17, 15) is 9.59 Å². The van der Waals surface area contributed by atoms with Crippen molar-refractivity contribution in [1.29, 1.82) is 0 Å². The van der Waals surface area contributed by atoms with Gasteiger partial charge in [-0.25, -0.2) is 0 Å². The number of hydrogen-bond acceptors (Lipinski definition) is 3. The van der Waals surface area contributed by atoms with E-state index in [2.05, 4.69) is 5.32 Å². The molecule has 0 atom stereocenters. The normalized spacial score (nSPS) is 10.6. The van der Waals surface area contributed by atoms with E-state index in [0.29, 0.717) is 16.9 Å². The molecule has 0 unspecified atom stereocenters. The third-order valence-corrected chi connectivity index (χ3v) is 3.99. The number of fused-ring (bicyclic) bond motifs is 1. The molecule has 0 bridgehead atoms. The predicted molar refractivity (Wildman–Crippen MR) is 92.6 cm³/mol. The van der Waals surface area contributed by atoms with Crippen LogP contribution in [0.25, 0.3) is 10.9 Å². The van der Waals surface area contributed by atoms with Crippen LogP contribution in [0.3, 0.4) is 0 Å². The van der Waals surface area contributed by atoms with Gasteiger partial charge < -0.3 is 14.6 Å². The standard InChI is InChI=1S/C19H18N2O3/c1-21-11-10-15-16(4-3-5-17(15)21)19(23)20-12-18(22)13-6-8-14(24-2)9-7-13/h3-11H,12H2,1-2H3,(H,20,23). The Morgan fingerprint density at radius 1 is 1.08 bits per heavy atom. The number of ketones is 1. The Morgan fingerprint density at radius 2 is 1.83 bits per heavy atom. The molecule has 2 aromatic carbocycles. The van der Waals surface area contributed by atoms with E-state index in [0.717, 1.165) is 10.9 Å². The topological polar surface area (TPSA) is 60.3 Å². The van der Waals surface area contributed by atoms with Crippen molar-refractivity contribution < 1.29 is 14.3 Å². The zero-order chi connectivity index (χ0) is 17.1. The molecule has 0 saturated heterocycles. The van der Waals surface area contributed by atoms with Crippen molar-refractivity contribution in [3.05, 3.63) is 65.9 Å². The van der Waals surface area contributed by atoms with Gasteiger partial charge in [0.2, 0.25) is 0 Å². The number of Topliss-reactive ketones (excluding diaryl/α,β-unsaturated/α-hetero) is 1. The van der Waals surface area contributed by atoms with E-state index in [1.54, 1.807) is 37.4 Å². The van der Waals surface area contributed by atoms with Crippen LogP contribution >= 0.6 is 0 Å². The molecule has 24 heavy (non-hydrogen) atoms. The lowest BCUT2D eigenvalue weighted by Crippen LogP contribution is -2.29. The maximum absolute atomic E-state index is 12.4. The van der Waals surface area contributed by atoms with E-state index in [-0.39, 0.29) is 18.2 Å². The molecule has 5 heteroatoms. The Kier molecular flexibility index (Phi) is 4.33. The molecule has 1 heterocycles. The summed E-state index contributed by atoms with van der Waals surface area (Å²) in [7, 11) is 3.50. The van der Waals surface area contributed by atoms with Gasteiger partial charge in [-0.2, -0.15) is 0 Å². The number of ether oxygens (including phenoxy) is 1. The van der Waals surface area contributed by atoms with E-state index in [1.807, 2.05) is 36.0 Å². The average molecular weight is 322 g/mol. The van der Waals surface area contributed by atoms with Gasteiger partial charge in [-0.3, -0.25) is 9.59 Å². The summed E-state index contributed by atoms with van der Waals surface area (Å²) < 4.78 is 7.02. The summed E-state index contributed by atoms with van der Waals surface area (Å²) in [5.74, 6) is 0.284. The van der Waals surface area contributed by atoms with Crippen molar-refractivity contribution >= 4 is 22.6 Å². The number of carbonyl (C=O) groups is 2. The highest BCUT2D eigenvalue weighted by Gasteiger charge is 2.13. The van der Waals surface area contributed by atoms with Crippen LogP contribution in [0.5, 0.6) is 5.75 Å². The minimum atomic E-state index is -0.256. The smallest absolute Gasteiger partial charge is 0.252 e. The second-order valence-electron chi connectivity index (χ2n) is 5.50. The zero-order valence-corrected chi connectivity index (χ0v) is 13.6. The van der Waals surface area contributed by atoms with Crippen LogP contribution in [0.4, 0.5) is 0 Å². The van der Waals surface area contributed by atoms with Crippen LogP contribution in [0.2, 0.25) is 0 Å². The number of nitrogens with one attached hydrogen (secondary N) is 1. The highest BCUT2D eigenvalue weighted by atomic mass is 16.5. The second-order valence-corrected chi connectivity index (χ2v) is 5.50. The molecule has 1 amide bonds. The van der Waals surface area contributed by atoms with Gasteiger partial charge in [-0.15, -0.1) is 0 Å². The van der Waals surface area contributed by atoms with Crippen molar-refractivity contribution in [3.8, 4) is 5.75 Å². The molecular weight excluding hydrogens is 304 g/mol. The number of benzene rings is 2. The van der Waals surface area contributed by atoms with Crippen molar-refractivity contribution in [1.82, 2.24) is 9.88 Å². The van der Waals surface area contributed by atoms with Gasteiger partial charge in [0.05, 0.1) is 13.7 Å². The molecule has 0 fully saturated rings. The number of rotatable bonds is 5. The van der Waals surface area contributed by atoms with Crippen LogP contribution in [-0.2, 0) is 7.05 Å². The van der Waals surface area contributed by atoms with Crippen LogP contribution in [-0.4, -0.2) is 29.9 Å². The molecule has 3 rings (SSSR count). The average Bonchev–Trinajstić information content (AvgIpc) is 3.00. The molecule has 122 valence electrons. The minimum Gasteiger partial charge on any atom is -0.497 e. The molecule has 1 aromatic heterocycles. The largest absolute Gasteiger partial charge is 0.497 e. The van der Waals surface area contributed by atoms with Crippen LogP contribution in [0.15, 0.2) is 54.7 Å². The summed E-state index contributed by atoms with van der Waals surface area (Å²) in [5.41, 5.74) is 2.08. The Bertz CT molecular complexity index is 895. The van der Waals surface area contributed by atoms with Gasteiger partial charge in [-0.05, 0) is 42.5 Å². The Hall–Kier alpha value is -3.08. The molecule has 5 nitrogen and oxygen atoms in total. The van der Waals surface area contributed by atoms with Crippen LogP contribution in [0, 0.1) is 0 Å². The first-order valence-electron chi connectivity index (χ1n) is 7.59. The van der Waals surface area contributed by atoms with Crippen molar-refractivity contribution in [2.45, 2.75) is 0 Å². The SMILES string of the molecule is COc1ccc(C(=O)CNC(=O)c2cccc3c2ccn3C)cc1. The first kappa shape index (κ1) is 15.8.